The Kier molecular flexibility index (Phi) is 2.80. The normalized spacial score (nSPS) is 14.3. The molecular formula is C14H16N4. The fourth-order valence-corrected chi connectivity index (χ4v) is 2.33. The second-order valence-corrected chi connectivity index (χ2v) is 4.65. The third-order valence-electron chi connectivity index (χ3n) is 3.26. The zero-order chi connectivity index (χ0) is 12.5. The van der Waals surface area contributed by atoms with Crippen LogP contribution in [-0.2, 0) is 13.0 Å². The summed E-state index contributed by atoms with van der Waals surface area (Å²) >= 11 is 0. The number of nitrogens with zero attached hydrogens (tertiary/aromatic N) is 3. The molecule has 18 heavy (non-hydrogen) atoms. The molecule has 2 aromatic heterocycles. The largest absolute Gasteiger partial charge is 0.311 e. The zero-order valence-corrected chi connectivity index (χ0v) is 10.7. The highest BCUT2D eigenvalue weighted by molar-refractivity contribution is 5.51. The number of aromatic nitrogens is 3. The van der Waals surface area contributed by atoms with Crippen LogP contribution < -0.4 is 5.32 Å². The third kappa shape index (κ3) is 1.99. The molecular weight excluding hydrogens is 224 g/mol. The number of rotatable bonds is 1. The van der Waals surface area contributed by atoms with Gasteiger partial charge >= 0.3 is 0 Å². The molecule has 0 saturated heterocycles. The SMILES string of the molecule is Cc1cccc(-c2nc(C)c3c(n2)CNCC3)n1. The molecule has 4 nitrogen and oxygen atoms in total. The van der Waals surface area contributed by atoms with Gasteiger partial charge in [-0.1, -0.05) is 6.07 Å². The molecule has 0 aromatic carbocycles. The Morgan fingerprint density at radius 1 is 1.11 bits per heavy atom. The average Bonchev–Trinajstić information content (AvgIpc) is 2.39. The van der Waals surface area contributed by atoms with Gasteiger partial charge in [0.1, 0.15) is 5.69 Å². The minimum absolute atomic E-state index is 0.735. The molecule has 92 valence electrons. The van der Waals surface area contributed by atoms with Gasteiger partial charge in [-0.3, -0.25) is 0 Å². The van der Waals surface area contributed by atoms with Crippen LogP contribution in [0.5, 0.6) is 0 Å². The van der Waals surface area contributed by atoms with Crippen molar-refractivity contribution in [1.82, 2.24) is 20.3 Å². The fraction of sp³-hybridized carbons (Fsp3) is 0.357. The summed E-state index contributed by atoms with van der Waals surface area (Å²) in [4.78, 5) is 13.7. The van der Waals surface area contributed by atoms with Crippen LogP contribution in [-0.4, -0.2) is 21.5 Å². The van der Waals surface area contributed by atoms with E-state index in [0.717, 1.165) is 48.1 Å². The number of fused-ring (bicyclic) bond motifs is 1. The summed E-state index contributed by atoms with van der Waals surface area (Å²) in [6, 6.07) is 5.94. The van der Waals surface area contributed by atoms with E-state index in [1.165, 1.54) is 5.56 Å². The Bertz CT molecular complexity index is 592. The Morgan fingerprint density at radius 3 is 2.83 bits per heavy atom. The van der Waals surface area contributed by atoms with Crippen LogP contribution in [0.15, 0.2) is 18.2 Å². The number of nitrogens with one attached hydrogen (secondary N) is 1. The van der Waals surface area contributed by atoms with E-state index in [4.69, 9.17) is 0 Å². The fourth-order valence-electron chi connectivity index (χ4n) is 2.33. The molecule has 2 aromatic rings. The van der Waals surface area contributed by atoms with Crippen molar-refractivity contribution in [3.8, 4) is 11.5 Å². The van der Waals surface area contributed by atoms with E-state index in [2.05, 4.69) is 27.2 Å². The van der Waals surface area contributed by atoms with Gasteiger partial charge in [-0.05, 0) is 44.5 Å². The van der Waals surface area contributed by atoms with Gasteiger partial charge in [0, 0.05) is 17.9 Å². The van der Waals surface area contributed by atoms with Gasteiger partial charge in [0.25, 0.3) is 0 Å². The molecule has 1 aliphatic rings. The first-order valence-electron chi connectivity index (χ1n) is 6.25. The van der Waals surface area contributed by atoms with Crippen LogP contribution >= 0.6 is 0 Å². The molecule has 0 saturated carbocycles. The van der Waals surface area contributed by atoms with Crippen molar-refractivity contribution in [3.05, 3.63) is 40.8 Å². The lowest BCUT2D eigenvalue weighted by atomic mass is 10.0. The highest BCUT2D eigenvalue weighted by Gasteiger charge is 2.16. The predicted octanol–water partition coefficient (Wildman–Crippen LogP) is 1.80. The van der Waals surface area contributed by atoms with Crippen LogP contribution in [0.1, 0.15) is 22.6 Å². The molecule has 0 spiro atoms. The lowest BCUT2D eigenvalue weighted by Gasteiger charge is -2.18. The Labute approximate surface area is 107 Å². The topological polar surface area (TPSA) is 50.7 Å². The summed E-state index contributed by atoms with van der Waals surface area (Å²) in [5.41, 5.74) is 5.34. The summed E-state index contributed by atoms with van der Waals surface area (Å²) in [6.07, 6.45) is 1.02. The molecule has 3 rings (SSSR count). The van der Waals surface area contributed by atoms with Crippen molar-refractivity contribution in [2.45, 2.75) is 26.8 Å². The van der Waals surface area contributed by atoms with Crippen molar-refractivity contribution >= 4 is 0 Å². The molecule has 0 amide bonds. The molecule has 4 heteroatoms. The van der Waals surface area contributed by atoms with E-state index in [9.17, 15) is 0 Å². The summed E-state index contributed by atoms with van der Waals surface area (Å²) in [5, 5.41) is 3.35. The lowest BCUT2D eigenvalue weighted by molar-refractivity contribution is 0.620. The summed E-state index contributed by atoms with van der Waals surface area (Å²) < 4.78 is 0. The molecule has 0 fully saturated rings. The van der Waals surface area contributed by atoms with Gasteiger partial charge in [-0.2, -0.15) is 0 Å². The van der Waals surface area contributed by atoms with Gasteiger partial charge < -0.3 is 5.32 Å². The van der Waals surface area contributed by atoms with E-state index < -0.39 is 0 Å². The first kappa shape index (κ1) is 11.3. The zero-order valence-electron chi connectivity index (χ0n) is 10.7. The first-order valence-corrected chi connectivity index (χ1v) is 6.25. The average molecular weight is 240 g/mol. The lowest BCUT2D eigenvalue weighted by Crippen LogP contribution is -2.26. The van der Waals surface area contributed by atoms with Crippen molar-refractivity contribution in [3.63, 3.8) is 0 Å². The molecule has 3 heterocycles. The third-order valence-corrected chi connectivity index (χ3v) is 3.26. The summed E-state index contributed by atoms with van der Waals surface area (Å²) in [7, 11) is 0. The number of pyridine rings is 1. The maximum absolute atomic E-state index is 4.65. The Hall–Kier alpha value is -1.81. The van der Waals surface area contributed by atoms with Crippen molar-refractivity contribution in [2.24, 2.45) is 0 Å². The number of aryl methyl sites for hydroxylation is 2. The monoisotopic (exact) mass is 240 g/mol. The quantitative estimate of drug-likeness (QED) is 0.825. The Morgan fingerprint density at radius 2 is 2.00 bits per heavy atom. The minimum atomic E-state index is 0.735. The maximum Gasteiger partial charge on any atom is 0.178 e. The second-order valence-electron chi connectivity index (χ2n) is 4.65. The number of hydrogen-bond donors (Lipinski definition) is 1. The van der Waals surface area contributed by atoms with Gasteiger partial charge in [0.15, 0.2) is 5.82 Å². The van der Waals surface area contributed by atoms with E-state index >= 15 is 0 Å². The van der Waals surface area contributed by atoms with Crippen LogP contribution in [0.3, 0.4) is 0 Å². The van der Waals surface area contributed by atoms with Gasteiger partial charge in [0.05, 0.1) is 5.69 Å². The standard InChI is InChI=1S/C14H16N4/c1-9-4-3-5-12(16-9)14-17-10(2)11-6-7-15-8-13(11)18-14/h3-5,15H,6-8H2,1-2H3. The van der Waals surface area contributed by atoms with Crippen LogP contribution in [0.2, 0.25) is 0 Å². The summed E-state index contributed by atoms with van der Waals surface area (Å²) in [6.45, 7) is 5.89. The highest BCUT2D eigenvalue weighted by Crippen LogP contribution is 2.20. The van der Waals surface area contributed by atoms with Crippen LogP contribution in [0.25, 0.3) is 11.5 Å². The number of hydrogen-bond acceptors (Lipinski definition) is 4. The predicted molar refractivity (Wildman–Crippen MR) is 70.1 cm³/mol. The van der Waals surface area contributed by atoms with Crippen molar-refractivity contribution < 1.29 is 0 Å². The summed E-state index contributed by atoms with van der Waals surface area (Å²) in [5.74, 6) is 0.735. The molecule has 0 atom stereocenters. The van der Waals surface area contributed by atoms with Crippen molar-refractivity contribution in [2.75, 3.05) is 6.54 Å². The Balaban J connectivity index is 2.11. The molecule has 0 aliphatic carbocycles. The smallest absolute Gasteiger partial charge is 0.178 e. The van der Waals surface area contributed by atoms with E-state index in [0.29, 0.717) is 0 Å². The van der Waals surface area contributed by atoms with E-state index in [1.807, 2.05) is 25.1 Å². The van der Waals surface area contributed by atoms with Crippen LogP contribution in [0, 0.1) is 13.8 Å². The highest BCUT2D eigenvalue weighted by atomic mass is 15.0. The molecule has 1 aliphatic heterocycles. The van der Waals surface area contributed by atoms with Crippen LogP contribution in [0.4, 0.5) is 0 Å². The second kappa shape index (κ2) is 4.46. The molecule has 0 radical (unpaired) electrons. The molecule has 0 unspecified atom stereocenters. The maximum atomic E-state index is 4.65. The van der Waals surface area contributed by atoms with E-state index in [-0.39, 0.29) is 0 Å². The molecule has 1 N–H and O–H groups in total. The van der Waals surface area contributed by atoms with E-state index in [1.54, 1.807) is 0 Å². The molecule has 0 bridgehead atoms. The van der Waals surface area contributed by atoms with Gasteiger partial charge in [0.2, 0.25) is 0 Å². The minimum Gasteiger partial charge on any atom is -0.311 e. The van der Waals surface area contributed by atoms with Crippen molar-refractivity contribution in [1.29, 1.82) is 0 Å². The first-order chi connectivity index (χ1) is 8.74. The van der Waals surface area contributed by atoms with Gasteiger partial charge in [-0.25, -0.2) is 15.0 Å². The van der Waals surface area contributed by atoms with Gasteiger partial charge in [-0.15, -0.1) is 0 Å².